The van der Waals surface area contributed by atoms with Crippen LogP contribution in [0.1, 0.15) is 48.9 Å². The van der Waals surface area contributed by atoms with E-state index in [1.807, 2.05) is 9.58 Å². The average molecular weight is 512 g/mol. The lowest BCUT2D eigenvalue weighted by molar-refractivity contribution is -0.137. The van der Waals surface area contributed by atoms with Crippen molar-refractivity contribution in [3.63, 3.8) is 0 Å². The number of hydrogen-bond donors (Lipinski definition) is 0. The number of sulfonamides is 1. The third kappa shape index (κ3) is 4.59. The molecule has 0 aliphatic carbocycles. The van der Waals surface area contributed by atoms with Crippen LogP contribution in [0.3, 0.4) is 0 Å². The lowest BCUT2D eigenvalue weighted by Crippen LogP contribution is -2.44. The Bertz CT molecular complexity index is 1330. The molecule has 1 amide bonds. The predicted octanol–water partition coefficient (Wildman–Crippen LogP) is 3.55. The molecule has 2 aliphatic rings. The second kappa shape index (κ2) is 9.82. The van der Waals surface area contributed by atoms with Gasteiger partial charge in [-0.3, -0.25) is 9.48 Å². The third-order valence-corrected chi connectivity index (χ3v) is 9.50. The van der Waals surface area contributed by atoms with E-state index in [9.17, 15) is 13.2 Å². The van der Waals surface area contributed by atoms with Crippen LogP contribution >= 0.6 is 0 Å². The van der Waals surface area contributed by atoms with Gasteiger partial charge < -0.3 is 9.42 Å². The first kappa shape index (κ1) is 24.7. The number of piperidine rings is 1. The molecular weight excluding hydrogens is 478 g/mol. The minimum absolute atomic E-state index is 0.105. The van der Waals surface area contributed by atoms with Gasteiger partial charge in [0.1, 0.15) is 10.6 Å². The molecule has 1 fully saturated rings. The fraction of sp³-hybridized carbons (Fsp3) is 0.500. The van der Waals surface area contributed by atoms with E-state index >= 15 is 0 Å². The molecule has 5 rings (SSSR count). The SMILES string of the molecule is CCc1ccc(-c2cc3n(n2)CCCN(C(=O)C2CCN(S(=O)(=O)c4c(C)noc4C)CC2)C3)cc1. The molecule has 2 aliphatic heterocycles. The van der Waals surface area contributed by atoms with E-state index in [1.165, 1.54) is 9.87 Å². The number of rotatable bonds is 5. The molecule has 1 saturated heterocycles. The van der Waals surface area contributed by atoms with E-state index < -0.39 is 10.0 Å². The van der Waals surface area contributed by atoms with Gasteiger partial charge in [-0.05, 0) is 51.2 Å². The van der Waals surface area contributed by atoms with Gasteiger partial charge in [0.05, 0.1) is 17.9 Å². The number of nitrogens with zero attached hydrogens (tertiary/aromatic N) is 5. The first-order valence-electron chi connectivity index (χ1n) is 12.7. The van der Waals surface area contributed by atoms with E-state index in [0.717, 1.165) is 36.3 Å². The molecule has 0 atom stereocenters. The largest absolute Gasteiger partial charge is 0.360 e. The zero-order valence-electron chi connectivity index (χ0n) is 21.1. The summed E-state index contributed by atoms with van der Waals surface area (Å²) < 4.78 is 34.8. The van der Waals surface area contributed by atoms with Gasteiger partial charge >= 0.3 is 0 Å². The molecule has 36 heavy (non-hydrogen) atoms. The van der Waals surface area contributed by atoms with Crippen molar-refractivity contribution in [3.05, 3.63) is 53.0 Å². The molecule has 0 saturated carbocycles. The van der Waals surface area contributed by atoms with Crippen molar-refractivity contribution < 1.29 is 17.7 Å². The summed E-state index contributed by atoms with van der Waals surface area (Å²) in [7, 11) is -3.69. The van der Waals surface area contributed by atoms with Crippen LogP contribution in [0.5, 0.6) is 0 Å². The Labute approximate surface area is 212 Å². The molecule has 0 spiro atoms. The highest BCUT2D eigenvalue weighted by Crippen LogP contribution is 2.29. The Morgan fingerprint density at radius 3 is 2.44 bits per heavy atom. The lowest BCUT2D eigenvalue weighted by atomic mass is 9.96. The molecule has 0 radical (unpaired) electrons. The highest BCUT2D eigenvalue weighted by molar-refractivity contribution is 7.89. The number of aromatic nitrogens is 3. The molecule has 10 heteroatoms. The van der Waals surface area contributed by atoms with Gasteiger partial charge in [0.2, 0.25) is 15.9 Å². The molecule has 0 N–H and O–H groups in total. The Morgan fingerprint density at radius 1 is 1.08 bits per heavy atom. The Balaban J connectivity index is 1.25. The third-order valence-electron chi connectivity index (χ3n) is 7.35. The van der Waals surface area contributed by atoms with Gasteiger partial charge in [0.15, 0.2) is 5.76 Å². The molecule has 1 aromatic carbocycles. The summed E-state index contributed by atoms with van der Waals surface area (Å²) >= 11 is 0. The van der Waals surface area contributed by atoms with E-state index in [2.05, 4.69) is 42.4 Å². The van der Waals surface area contributed by atoms with Gasteiger partial charge in [-0.1, -0.05) is 36.3 Å². The second-order valence-electron chi connectivity index (χ2n) is 9.74. The van der Waals surface area contributed by atoms with Crippen LogP contribution in [-0.4, -0.2) is 58.1 Å². The Kier molecular flexibility index (Phi) is 6.74. The smallest absolute Gasteiger partial charge is 0.248 e. The van der Waals surface area contributed by atoms with Gasteiger partial charge in [0.25, 0.3) is 0 Å². The molecule has 2 aromatic heterocycles. The zero-order chi connectivity index (χ0) is 25.4. The highest BCUT2D eigenvalue weighted by atomic mass is 32.2. The summed E-state index contributed by atoms with van der Waals surface area (Å²) in [4.78, 5) is 15.5. The number of amides is 1. The number of aryl methyl sites for hydroxylation is 4. The summed E-state index contributed by atoms with van der Waals surface area (Å²) in [5.74, 6) is 0.220. The van der Waals surface area contributed by atoms with Gasteiger partial charge in [0, 0.05) is 37.7 Å². The lowest BCUT2D eigenvalue weighted by Gasteiger charge is -2.33. The van der Waals surface area contributed by atoms with Crippen LogP contribution in [0.4, 0.5) is 0 Å². The molecular formula is C26H33N5O4S. The van der Waals surface area contributed by atoms with E-state index in [-0.39, 0.29) is 16.7 Å². The van der Waals surface area contributed by atoms with Crippen LogP contribution in [0.15, 0.2) is 39.8 Å². The van der Waals surface area contributed by atoms with E-state index in [1.54, 1.807) is 13.8 Å². The first-order valence-corrected chi connectivity index (χ1v) is 14.1. The van der Waals surface area contributed by atoms with E-state index in [4.69, 9.17) is 9.62 Å². The summed E-state index contributed by atoms with van der Waals surface area (Å²) in [5.41, 5.74) is 4.71. The molecule has 0 bridgehead atoms. The van der Waals surface area contributed by atoms with E-state index in [0.29, 0.717) is 50.5 Å². The highest BCUT2D eigenvalue weighted by Gasteiger charge is 2.37. The minimum atomic E-state index is -3.69. The maximum Gasteiger partial charge on any atom is 0.248 e. The van der Waals surface area contributed by atoms with Gasteiger partial charge in [-0.15, -0.1) is 0 Å². The first-order chi connectivity index (χ1) is 17.3. The number of hydrogen-bond acceptors (Lipinski definition) is 6. The van der Waals surface area contributed by atoms with Crippen LogP contribution in [0.25, 0.3) is 11.3 Å². The maximum absolute atomic E-state index is 13.5. The number of fused-ring (bicyclic) bond motifs is 1. The Morgan fingerprint density at radius 2 is 1.81 bits per heavy atom. The van der Waals surface area contributed by atoms with Crippen molar-refractivity contribution in [2.75, 3.05) is 19.6 Å². The molecule has 192 valence electrons. The zero-order valence-corrected chi connectivity index (χ0v) is 21.9. The van der Waals surface area contributed by atoms with Crippen molar-refractivity contribution in [1.82, 2.24) is 24.1 Å². The summed E-state index contributed by atoms with van der Waals surface area (Å²) in [6, 6.07) is 10.6. The van der Waals surface area contributed by atoms with Crippen molar-refractivity contribution in [2.45, 2.75) is 64.4 Å². The number of carbonyl (C=O) groups is 1. The molecule has 0 unspecified atom stereocenters. The number of carbonyl (C=O) groups excluding carboxylic acids is 1. The van der Waals surface area contributed by atoms with Crippen molar-refractivity contribution >= 4 is 15.9 Å². The Hall–Kier alpha value is -2.98. The normalized spacial score (nSPS) is 17.7. The second-order valence-corrected chi connectivity index (χ2v) is 11.6. The number of benzene rings is 1. The monoisotopic (exact) mass is 511 g/mol. The average Bonchev–Trinajstić information content (AvgIpc) is 3.38. The van der Waals surface area contributed by atoms with Crippen LogP contribution in [0, 0.1) is 19.8 Å². The summed E-state index contributed by atoms with van der Waals surface area (Å²) in [6.45, 7) is 7.99. The summed E-state index contributed by atoms with van der Waals surface area (Å²) in [5, 5.41) is 8.60. The fourth-order valence-corrected chi connectivity index (χ4v) is 7.04. The quantitative estimate of drug-likeness (QED) is 0.519. The fourth-order valence-electron chi connectivity index (χ4n) is 5.28. The minimum Gasteiger partial charge on any atom is -0.360 e. The van der Waals surface area contributed by atoms with Gasteiger partial charge in [-0.2, -0.15) is 9.40 Å². The predicted molar refractivity (Wildman–Crippen MR) is 135 cm³/mol. The molecule has 4 heterocycles. The van der Waals surface area contributed by atoms with Crippen LogP contribution in [-0.2, 0) is 34.3 Å². The van der Waals surface area contributed by atoms with Crippen LogP contribution < -0.4 is 0 Å². The molecule has 9 nitrogen and oxygen atoms in total. The van der Waals surface area contributed by atoms with Gasteiger partial charge in [-0.25, -0.2) is 8.42 Å². The van der Waals surface area contributed by atoms with Crippen molar-refractivity contribution in [1.29, 1.82) is 0 Å². The van der Waals surface area contributed by atoms with Crippen molar-refractivity contribution in [2.24, 2.45) is 5.92 Å². The standard InChI is InChI=1S/C26H33N5O4S/c1-4-20-6-8-21(9-7-20)24-16-23-17-29(12-5-13-31(23)27-24)26(32)22-10-14-30(15-11-22)36(33,34)25-18(2)28-35-19(25)3/h6-9,16,22H,4-5,10-15,17H2,1-3H3. The van der Waals surface area contributed by atoms with Crippen LogP contribution in [0.2, 0.25) is 0 Å². The molecule has 3 aromatic rings. The summed E-state index contributed by atoms with van der Waals surface area (Å²) in [6.07, 6.45) is 2.86. The topological polar surface area (TPSA) is 102 Å². The van der Waals surface area contributed by atoms with Crippen molar-refractivity contribution in [3.8, 4) is 11.3 Å². The maximum atomic E-state index is 13.5.